The molecule has 0 saturated carbocycles. The Morgan fingerprint density at radius 3 is 2.17 bits per heavy atom. The van der Waals surface area contributed by atoms with Crippen LogP contribution in [0, 0.1) is 5.92 Å². The van der Waals surface area contributed by atoms with Crippen molar-refractivity contribution in [2.75, 3.05) is 43.2 Å². The fraction of sp³-hybridized carbons (Fsp3) is 0.412. The van der Waals surface area contributed by atoms with Crippen molar-refractivity contribution in [3.8, 4) is 11.5 Å². The molecule has 1 amide bonds. The molecule has 0 bridgehead atoms. The van der Waals surface area contributed by atoms with Crippen molar-refractivity contribution in [3.63, 3.8) is 0 Å². The summed E-state index contributed by atoms with van der Waals surface area (Å²) in [5.41, 5.74) is 5.90. The van der Waals surface area contributed by atoms with Crippen LogP contribution in [0.4, 0.5) is 11.4 Å². The van der Waals surface area contributed by atoms with Crippen molar-refractivity contribution in [1.29, 1.82) is 0 Å². The Labute approximate surface area is 248 Å². The van der Waals surface area contributed by atoms with Gasteiger partial charge in [0.25, 0.3) is 0 Å². The zero-order chi connectivity index (χ0) is 29.8. The van der Waals surface area contributed by atoms with Gasteiger partial charge in [-0.05, 0) is 73.2 Å². The Bertz CT molecular complexity index is 1400. The number of carbonyl (C=O) groups is 2. The molecule has 5 rings (SSSR count). The minimum Gasteiger partial charge on any atom is -0.481 e. The van der Waals surface area contributed by atoms with Crippen LogP contribution >= 0.6 is 0 Å². The van der Waals surface area contributed by atoms with Crippen LogP contribution in [-0.4, -0.2) is 54.9 Å². The minimum absolute atomic E-state index is 0.0779. The number of benzene rings is 3. The Morgan fingerprint density at radius 1 is 0.905 bits per heavy atom. The number of amides is 1. The molecule has 222 valence electrons. The number of aryl methyl sites for hydroxylation is 2. The third-order valence-electron chi connectivity index (χ3n) is 8.68. The topological polar surface area (TPSA) is 91.3 Å². The van der Waals surface area contributed by atoms with Gasteiger partial charge in [0.15, 0.2) is 11.5 Å². The first-order valence-corrected chi connectivity index (χ1v) is 15.0. The molecule has 8 heteroatoms. The smallest absolute Gasteiger partial charge is 0.309 e. The molecule has 2 aliphatic heterocycles. The zero-order valence-corrected chi connectivity index (χ0v) is 24.9. The summed E-state index contributed by atoms with van der Waals surface area (Å²) in [7, 11) is 0. The molecule has 1 unspecified atom stereocenters. The lowest BCUT2D eigenvalue weighted by Crippen LogP contribution is -2.35. The number of likely N-dealkylation sites (tertiary alicyclic amines) is 1. The molecule has 8 nitrogen and oxygen atoms in total. The standard InChI is InChI=1S/C34H41N3O5/c1-5-22-10-9-11-23(6-2)32(22)35-30(38)20-37-19-27(25-14-17-28-29(18-25)42-21-41-28)31(34(39)40)33(37)24-12-15-26(16-13-24)36(7-3)8-4/h9-18,27,31,33H,5-8,19-21H2,1-4H3,(H,35,38)(H,39,40)/t27-,31?,33+/m1/s1. The molecule has 3 aromatic carbocycles. The predicted octanol–water partition coefficient (Wildman–Crippen LogP) is 5.87. The Kier molecular flexibility index (Phi) is 9.02. The average molecular weight is 572 g/mol. The zero-order valence-electron chi connectivity index (χ0n) is 24.9. The van der Waals surface area contributed by atoms with E-state index in [0.29, 0.717) is 18.0 Å². The van der Waals surface area contributed by atoms with E-state index < -0.39 is 17.9 Å². The van der Waals surface area contributed by atoms with Crippen molar-refractivity contribution >= 4 is 23.3 Å². The molecule has 0 spiro atoms. The number of hydrogen-bond donors (Lipinski definition) is 2. The van der Waals surface area contributed by atoms with Crippen molar-refractivity contribution in [1.82, 2.24) is 4.90 Å². The number of anilines is 2. The number of rotatable bonds is 11. The SMILES string of the molecule is CCc1cccc(CC)c1NC(=O)CN1C[C@H](c2ccc3c(c2)OCO3)C(C(=O)O)[C@@H]1c1ccc(N(CC)CC)cc1. The van der Waals surface area contributed by atoms with Crippen LogP contribution in [0.1, 0.15) is 61.9 Å². The molecule has 0 radical (unpaired) electrons. The Hall–Kier alpha value is -4.04. The number of hydrogen-bond acceptors (Lipinski definition) is 6. The summed E-state index contributed by atoms with van der Waals surface area (Å²) in [4.78, 5) is 30.9. The maximum absolute atomic E-state index is 13.6. The van der Waals surface area contributed by atoms with E-state index >= 15 is 0 Å². The first kappa shape index (κ1) is 29.5. The van der Waals surface area contributed by atoms with E-state index in [4.69, 9.17) is 9.47 Å². The summed E-state index contributed by atoms with van der Waals surface area (Å²) >= 11 is 0. The second-order valence-electron chi connectivity index (χ2n) is 10.9. The largest absolute Gasteiger partial charge is 0.481 e. The maximum atomic E-state index is 13.6. The van der Waals surface area contributed by atoms with Gasteiger partial charge < -0.3 is 24.8 Å². The number of carboxylic acid groups (broad SMARTS) is 1. The third kappa shape index (κ3) is 5.81. The highest BCUT2D eigenvalue weighted by atomic mass is 16.7. The summed E-state index contributed by atoms with van der Waals surface area (Å²) in [5.74, 6) is -0.854. The molecule has 2 heterocycles. The summed E-state index contributed by atoms with van der Waals surface area (Å²) in [6, 6.07) is 19.4. The molecule has 2 N–H and O–H groups in total. The Balaban J connectivity index is 1.49. The van der Waals surface area contributed by atoms with E-state index in [9.17, 15) is 14.7 Å². The van der Waals surface area contributed by atoms with E-state index in [-0.39, 0.29) is 25.2 Å². The highest BCUT2D eigenvalue weighted by molar-refractivity contribution is 5.94. The van der Waals surface area contributed by atoms with Crippen LogP contribution in [0.15, 0.2) is 60.7 Å². The average Bonchev–Trinajstić information content (AvgIpc) is 3.62. The van der Waals surface area contributed by atoms with Gasteiger partial charge in [-0.15, -0.1) is 0 Å². The van der Waals surface area contributed by atoms with Crippen LogP contribution in [0.25, 0.3) is 0 Å². The predicted molar refractivity (Wildman–Crippen MR) is 165 cm³/mol. The second kappa shape index (κ2) is 12.9. The number of carbonyl (C=O) groups excluding carboxylic acids is 1. The lowest BCUT2D eigenvalue weighted by Gasteiger charge is -2.28. The molecule has 3 atom stereocenters. The molecule has 3 aromatic rings. The van der Waals surface area contributed by atoms with Crippen molar-refractivity contribution in [3.05, 3.63) is 82.9 Å². The van der Waals surface area contributed by atoms with E-state index in [2.05, 4.69) is 50.0 Å². The first-order chi connectivity index (χ1) is 20.4. The number of fused-ring (bicyclic) bond motifs is 1. The van der Waals surface area contributed by atoms with Gasteiger partial charge in [-0.1, -0.05) is 50.2 Å². The summed E-state index contributed by atoms with van der Waals surface area (Å²) in [6.07, 6.45) is 1.61. The summed E-state index contributed by atoms with van der Waals surface area (Å²) < 4.78 is 11.1. The first-order valence-electron chi connectivity index (χ1n) is 15.0. The molecular formula is C34H41N3O5. The lowest BCUT2D eigenvalue weighted by atomic mass is 9.82. The van der Waals surface area contributed by atoms with Crippen LogP contribution in [0.5, 0.6) is 11.5 Å². The number of carboxylic acids is 1. The van der Waals surface area contributed by atoms with Crippen molar-refractivity contribution < 1.29 is 24.2 Å². The van der Waals surface area contributed by atoms with Crippen LogP contribution in [0.2, 0.25) is 0 Å². The monoisotopic (exact) mass is 571 g/mol. The number of nitrogens with zero attached hydrogens (tertiary/aromatic N) is 2. The molecular weight excluding hydrogens is 530 g/mol. The second-order valence-corrected chi connectivity index (χ2v) is 10.9. The Morgan fingerprint density at radius 2 is 1.55 bits per heavy atom. The van der Waals surface area contributed by atoms with Gasteiger partial charge in [0.1, 0.15) is 0 Å². The van der Waals surface area contributed by atoms with Crippen molar-refractivity contribution in [2.45, 2.75) is 52.5 Å². The van der Waals surface area contributed by atoms with Gasteiger partial charge in [-0.25, -0.2) is 0 Å². The number of nitrogens with one attached hydrogen (secondary N) is 1. The highest BCUT2D eigenvalue weighted by Gasteiger charge is 2.48. The van der Waals surface area contributed by atoms with Gasteiger partial charge in [0, 0.05) is 43.0 Å². The highest BCUT2D eigenvalue weighted by Crippen LogP contribution is 2.47. The van der Waals surface area contributed by atoms with E-state index in [1.165, 1.54) is 0 Å². The third-order valence-corrected chi connectivity index (χ3v) is 8.68. The number of aliphatic carboxylic acids is 1. The van der Waals surface area contributed by atoms with Crippen LogP contribution < -0.4 is 19.7 Å². The fourth-order valence-corrected chi connectivity index (χ4v) is 6.51. The van der Waals surface area contributed by atoms with Gasteiger partial charge in [-0.3, -0.25) is 14.5 Å². The molecule has 1 fully saturated rings. The quantitative estimate of drug-likeness (QED) is 0.298. The normalized spacial score (nSPS) is 19.6. The van der Waals surface area contributed by atoms with Crippen LogP contribution in [0.3, 0.4) is 0 Å². The maximum Gasteiger partial charge on any atom is 0.309 e. The lowest BCUT2D eigenvalue weighted by molar-refractivity contribution is -0.143. The van der Waals surface area contributed by atoms with E-state index in [1.54, 1.807) is 0 Å². The minimum atomic E-state index is -0.886. The number of ether oxygens (including phenoxy) is 2. The fourth-order valence-electron chi connectivity index (χ4n) is 6.51. The molecule has 0 aromatic heterocycles. The summed E-state index contributed by atoms with van der Waals surface area (Å²) in [5, 5.41) is 13.8. The van der Waals surface area contributed by atoms with Gasteiger partial charge in [0.2, 0.25) is 12.7 Å². The molecule has 2 aliphatic rings. The van der Waals surface area contributed by atoms with Crippen molar-refractivity contribution in [2.24, 2.45) is 5.92 Å². The summed E-state index contributed by atoms with van der Waals surface area (Å²) in [6.45, 7) is 10.8. The molecule has 0 aliphatic carbocycles. The van der Waals surface area contributed by atoms with Gasteiger partial charge in [0.05, 0.1) is 12.5 Å². The van der Waals surface area contributed by atoms with E-state index in [0.717, 1.165) is 59.6 Å². The van der Waals surface area contributed by atoms with Crippen LogP contribution in [-0.2, 0) is 22.4 Å². The van der Waals surface area contributed by atoms with Gasteiger partial charge >= 0.3 is 5.97 Å². The number of para-hydroxylation sites is 1. The molecule has 1 saturated heterocycles. The van der Waals surface area contributed by atoms with E-state index in [1.807, 2.05) is 53.4 Å². The van der Waals surface area contributed by atoms with Gasteiger partial charge in [-0.2, -0.15) is 0 Å². The molecule has 42 heavy (non-hydrogen) atoms.